The number of nitrogens with one attached hydrogen (secondary N) is 2. The Morgan fingerprint density at radius 3 is 2.42 bits per heavy atom. The number of rotatable bonds is 8. The zero-order valence-electron chi connectivity index (χ0n) is 14.7. The molecule has 0 radical (unpaired) electrons. The van der Waals surface area contributed by atoms with Gasteiger partial charge in [-0.1, -0.05) is 36.4 Å². The molecule has 2 aromatic carbocycles. The summed E-state index contributed by atoms with van der Waals surface area (Å²) in [6, 6.07) is 15.7. The van der Waals surface area contributed by atoms with Crippen molar-refractivity contribution >= 4 is 23.4 Å². The molecule has 2 rings (SSSR count). The van der Waals surface area contributed by atoms with Gasteiger partial charge in [0.15, 0.2) is 0 Å². The van der Waals surface area contributed by atoms with Gasteiger partial charge in [-0.2, -0.15) is 0 Å². The van der Waals surface area contributed by atoms with Gasteiger partial charge in [-0.15, -0.1) is 0 Å². The molecule has 3 amide bonds. The van der Waals surface area contributed by atoms with Gasteiger partial charge in [0.05, 0.1) is 0 Å². The van der Waals surface area contributed by atoms with Gasteiger partial charge >= 0.3 is 0 Å². The third kappa shape index (κ3) is 6.05. The Morgan fingerprint density at radius 1 is 1.04 bits per heavy atom. The van der Waals surface area contributed by atoms with Crippen molar-refractivity contribution in [2.24, 2.45) is 5.73 Å². The largest absolute Gasteiger partial charge is 0.368 e. The van der Waals surface area contributed by atoms with Crippen LogP contribution in [0.1, 0.15) is 35.7 Å². The highest BCUT2D eigenvalue weighted by Crippen LogP contribution is 2.12. The van der Waals surface area contributed by atoms with E-state index in [1.165, 1.54) is 12.5 Å². The molecule has 0 aliphatic carbocycles. The average molecular weight is 353 g/mol. The van der Waals surface area contributed by atoms with Crippen molar-refractivity contribution in [3.05, 3.63) is 65.7 Å². The molecule has 0 saturated carbocycles. The lowest BCUT2D eigenvalue weighted by Gasteiger charge is -2.16. The molecule has 6 heteroatoms. The Labute approximate surface area is 152 Å². The summed E-state index contributed by atoms with van der Waals surface area (Å²) in [5.41, 5.74) is 7.47. The van der Waals surface area contributed by atoms with Crippen LogP contribution in [0, 0.1) is 0 Å². The fourth-order valence-electron chi connectivity index (χ4n) is 2.62. The van der Waals surface area contributed by atoms with Gasteiger partial charge in [-0.3, -0.25) is 14.4 Å². The highest BCUT2D eigenvalue weighted by atomic mass is 16.2. The maximum atomic E-state index is 12.4. The normalized spacial score (nSPS) is 11.4. The molecule has 0 aromatic heterocycles. The summed E-state index contributed by atoms with van der Waals surface area (Å²) >= 11 is 0. The number of hydrogen-bond donors (Lipinski definition) is 3. The first-order valence-electron chi connectivity index (χ1n) is 8.47. The van der Waals surface area contributed by atoms with E-state index in [4.69, 9.17) is 5.73 Å². The van der Waals surface area contributed by atoms with Gasteiger partial charge < -0.3 is 16.4 Å². The van der Waals surface area contributed by atoms with Gasteiger partial charge in [-0.25, -0.2) is 0 Å². The Hall–Kier alpha value is -3.15. The van der Waals surface area contributed by atoms with Crippen LogP contribution in [0.4, 0.5) is 5.69 Å². The van der Waals surface area contributed by atoms with E-state index in [9.17, 15) is 14.4 Å². The number of carbonyl (C=O) groups excluding carboxylic acids is 3. The molecule has 0 spiro atoms. The van der Waals surface area contributed by atoms with Crippen molar-refractivity contribution in [2.45, 2.75) is 32.2 Å². The number of hydrogen-bond acceptors (Lipinski definition) is 3. The van der Waals surface area contributed by atoms with E-state index in [-0.39, 0.29) is 5.91 Å². The molecular weight excluding hydrogens is 330 g/mol. The molecule has 136 valence electrons. The predicted octanol–water partition coefficient (Wildman–Crippen LogP) is 2.25. The summed E-state index contributed by atoms with van der Waals surface area (Å²) in [6.07, 6.45) is 1.99. The lowest BCUT2D eigenvalue weighted by Crippen LogP contribution is -2.44. The van der Waals surface area contributed by atoms with Gasteiger partial charge in [0.2, 0.25) is 11.8 Å². The Balaban J connectivity index is 1.95. The maximum absolute atomic E-state index is 12.4. The number of aryl methyl sites for hydroxylation is 1. The first-order valence-corrected chi connectivity index (χ1v) is 8.47. The second-order valence-corrected chi connectivity index (χ2v) is 6.07. The molecule has 0 saturated heterocycles. The average Bonchev–Trinajstić information content (AvgIpc) is 2.61. The second kappa shape index (κ2) is 9.36. The van der Waals surface area contributed by atoms with E-state index >= 15 is 0 Å². The maximum Gasteiger partial charge on any atom is 0.252 e. The molecule has 0 unspecified atom stereocenters. The monoisotopic (exact) mass is 353 g/mol. The molecule has 26 heavy (non-hydrogen) atoms. The summed E-state index contributed by atoms with van der Waals surface area (Å²) in [5.74, 6) is -1.19. The van der Waals surface area contributed by atoms with Gasteiger partial charge in [-0.05, 0) is 43.0 Å². The van der Waals surface area contributed by atoms with Crippen molar-refractivity contribution in [3.63, 3.8) is 0 Å². The molecule has 1 atom stereocenters. The fourth-order valence-corrected chi connectivity index (χ4v) is 2.62. The Kier molecular flexibility index (Phi) is 6.91. The molecule has 0 aliphatic heterocycles. The first-order chi connectivity index (χ1) is 12.5. The smallest absolute Gasteiger partial charge is 0.252 e. The molecule has 0 bridgehead atoms. The number of carbonyl (C=O) groups is 3. The van der Waals surface area contributed by atoms with Crippen molar-refractivity contribution in [1.29, 1.82) is 0 Å². The van der Waals surface area contributed by atoms with E-state index in [1.54, 1.807) is 24.3 Å². The molecule has 2 aromatic rings. The molecule has 4 N–H and O–H groups in total. The summed E-state index contributed by atoms with van der Waals surface area (Å²) < 4.78 is 0. The summed E-state index contributed by atoms with van der Waals surface area (Å²) in [4.78, 5) is 35.2. The van der Waals surface area contributed by atoms with Crippen molar-refractivity contribution in [3.8, 4) is 0 Å². The summed E-state index contributed by atoms with van der Waals surface area (Å²) in [5, 5.41) is 5.29. The van der Waals surface area contributed by atoms with Crippen LogP contribution in [0.15, 0.2) is 54.6 Å². The minimum atomic E-state index is -0.740. The number of amides is 3. The van der Waals surface area contributed by atoms with Crippen LogP contribution in [-0.4, -0.2) is 23.8 Å². The lowest BCUT2D eigenvalue weighted by atomic mass is 10.0. The third-order valence-electron chi connectivity index (χ3n) is 3.89. The molecule has 0 aliphatic rings. The van der Waals surface area contributed by atoms with E-state index in [0.29, 0.717) is 17.7 Å². The minimum absolute atomic E-state index is 0.224. The topological polar surface area (TPSA) is 101 Å². The molecule has 0 heterocycles. The second-order valence-electron chi connectivity index (χ2n) is 6.07. The summed E-state index contributed by atoms with van der Waals surface area (Å²) in [6.45, 7) is 1.39. The van der Waals surface area contributed by atoms with Gasteiger partial charge in [0, 0.05) is 18.2 Å². The molecule has 6 nitrogen and oxygen atoms in total. The van der Waals surface area contributed by atoms with Crippen LogP contribution < -0.4 is 16.4 Å². The number of primary amides is 1. The van der Waals surface area contributed by atoms with Crippen LogP contribution in [-0.2, 0) is 16.0 Å². The standard InChI is InChI=1S/C20H23N3O3/c1-14(24)22-17-11-6-10-16(13-17)20(26)23-18(19(21)25)12-5-9-15-7-3-2-4-8-15/h2-4,6-8,10-11,13,18H,5,9,12H2,1H3,(H2,21,25)(H,22,24)(H,23,26)/t18-/m0/s1. The Bertz CT molecular complexity index is 775. The van der Waals surface area contributed by atoms with E-state index < -0.39 is 17.9 Å². The number of anilines is 1. The predicted molar refractivity (Wildman–Crippen MR) is 101 cm³/mol. The lowest BCUT2D eigenvalue weighted by molar-refractivity contribution is -0.120. The summed E-state index contributed by atoms with van der Waals surface area (Å²) in [7, 11) is 0. The number of benzene rings is 2. The number of nitrogens with two attached hydrogens (primary N) is 1. The first kappa shape index (κ1) is 19.2. The zero-order chi connectivity index (χ0) is 18.9. The Morgan fingerprint density at radius 2 is 1.77 bits per heavy atom. The van der Waals surface area contributed by atoms with Gasteiger partial charge in [0.1, 0.15) is 6.04 Å². The van der Waals surface area contributed by atoms with Crippen LogP contribution in [0.2, 0.25) is 0 Å². The quantitative estimate of drug-likeness (QED) is 0.678. The molecule has 0 fully saturated rings. The van der Waals surface area contributed by atoms with Crippen molar-refractivity contribution < 1.29 is 14.4 Å². The van der Waals surface area contributed by atoms with Crippen molar-refractivity contribution in [2.75, 3.05) is 5.32 Å². The zero-order valence-corrected chi connectivity index (χ0v) is 14.7. The van der Waals surface area contributed by atoms with Crippen LogP contribution >= 0.6 is 0 Å². The van der Waals surface area contributed by atoms with E-state index in [1.807, 2.05) is 30.3 Å². The SMILES string of the molecule is CC(=O)Nc1cccc(C(=O)N[C@@H](CCCc2ccccc2)C(N)=O)c1. The van der Waals surface area contributed by atoms with Gasteiger partial charge in [0.25, 0.3) is 5.91 Å². The highest BCUT2D eigenvalue weighted by molar-refractivity contribution is 5.99. The van der Waals surface area contributed by atoms with E-state index in [0.717, 1.165) is 12.8 Å². The fraction of sp³-hybridized carbons (Fsp3) is 0.250. The van der Waals surface area contributed by atoms with E-state index in [2.05, 4.69) is 10.6 Å². The third-order valence-corrected chi connectivity index (χ3v) is 3.89. The van der Waals surface area contributed by atoms with Crippen LogP contribution in [0.3, 0.4) is 0 Å². The van der Waals surface area contributed by atoms with Crippen LogP contribution in [0.25, 0.3) is 0 Å². The molecular formula is C20H23N3O3. The van der Waals surface area contributed by atoms with Crippen molar-refractivity contribution in [1.82, 2.24) is 5.32 Å². The van der Waals surface area contributed by atoms with Crippen LogP contribution in [0.5, 0.6) is 0 Å². The highest BCUT2D eigenvalue weighted by Gasteiger charge is 2.18. The minimum Gasteiger partial charge on any atom is -0.368 e.